The fourth-order valence-corrected chi connectivity index (χ4v) is 1.56. The molecule has 1 atom stereocenters. The van der Waals surface area contributed by atoms with Crippen LogP contribution < -0.4 is 15.8 Å². The molecule has 0 radical (unpaired) electrons. The number of nitrogens with two attached hydrogens (primary N) is 1. The maximum atomic E-state index is 8.48. The van der Waals surface area contributed by atoms with E-state index in [4.69, 9.17) is 25.5 Å². The van der Waals surface area contributed by atoms with Crippen molar-refractivity contribution in [2.24, 2.45) is 5.73 Å². The number of nitrogens with zero attached hydrogens (tertiary/aromatic N) is 1. The summed E-state index contributed by atoms with van der Waals surface area (Å²) >= 11 is 0. The average molecular weight is 270 g/mol. The number of ether oxygens (including phenoxy) is 1. The molecule has 2 rings (SSSR count). The summed E-state index contributed by atoms with van der Waals surface area (Å²) in [6.45, 7) is -6.79. The molecule has 19 heavy (non-hydrogen) atoms. The second-order valence-electron chi connectivity index (χ2n) is 3.55. The minimum Gasteiger partial charge on any atom is -0.497 e. The molecular formula is C15H21N3O. The van der Waals surface area contributed by atoms with Crippen molar-refractivity contribution in [2.45, 2.75) is 25.6 Å². The lowest BCUT2D eigenvalue weighted by atomic mass is 10.1. The van der Waals surface area contributed by atoms with Gasteiger partial charge >= 0.3 is 0 Å². The summed E-state index contributed by atoms with van der Waals surface area (Å²) in [5.41, 5.74) is 4.97. The molecule has 2 aromatic rings. The first-order chi connectivity index (χ1) is 13.4. The van der Waals surface area contributed by atoms with Gasteiger partial charge in [-0.2, -0.15) is 0 Å². The van der Waals surface area contributed by atoms with Crippen LogP contribution in [0.15, 0.2) is 30.4 Å². The lowest BCUT2D eigenvalue weighted by Gasteiger charge is -2.17. The maximum Gasteiger partial charge on any atom is 0.121 e. The summed E-state index contributed by atoms with van der Waals surface area (Å²) < 4.78 is 91.9. The highest BCUT2D eigenvalue weighted by molar-refractivity contribution is 5.91. The number of nitrogens with one attached hydrogen (secondary N) is 1. The minimum absolute atomic E-state index is 0.0243. The van der Waals surface area contributed by atoms with E-state index in [2.05, 4.69) is 10.3 Å². The van der Waals surface area contributed by atoms with Gasteiger partial charge in [-0.05, 0) is 38.2 Å². The van der Waals surface area contributed by atoms with Crippen LogP contribution in [-0.4, -0.2) is 24.6 Å². The molecule has 4 heteroatoms. The van der Waals surface area contributed by atoms with Crippen LogP contribution in [0.4, 0.5) is 5.69 Å². The second kappa shape index (κ2) is 6.38. The largest absolute Gasteiger partial charge is 0.497 e. The van der Waals surface area contributed by atoms with E-state index in [1.807, 2.05) is 0 Å². The Labute approximate surface area is 129 Å². The van der Waals surface area contributed by atoms with E-state index < -0.39 is 32.1 Å². The van der Waals surface area contributed by atoms with Gasteiger partial charge in [-0.1, -0.05) is 6.07 Å². The molecular weight excluding hydrogens is 238 g/mol. The molecule has 0 spiro atoms. The first-order valence-electron chi connectivity index (χ1n) is 10.9. The van der Waals surface area contributed by atoms with Crippen LogP contribution in [0.3, 0.4) is 0 Å². The Hall–Kier alpha value is -1.81. The van der Waals surface area contributed by atoms with E-state index in [1.165, 1.54) is 25.4 Å². The van der Waals surface area contributed by atoms with Gasteiger partial charge in [0, 0.05) is 36.0 Å². The summed E-state index contributed by atoms with van der Waals surface area (Å²) in [7, 11) is 1.26. The number of hydrogen-bond donors (Lipinski definition) is 2. The summed E-state index contributed by atoms with van der Waals surface area (Å²) in [5, 5.41) is 2.41. The number of methoxy groups -OCH3 is 1. The normalized spacial score (nSPS) is 25.5. The minimum atomic E-state index is -3.67. The van der Waals surface area contributed by atoms with Crippen molar-refractivity contribution in [1.82, 2.24) is 4.98 Å². The van der Waals surface area contributed by atoms with Gasteiger partial charge in [0.25, 0.3) is 0 Å². The van der Waals surface area contributed by atoms with Gasteiger partial charge < -0.3 is 15.8 Å². The zero-order chi connectivity index (χ0) is 23.3. The van der Waals surface area contributed by atoms with Gasteiger partial charge in [0.2, 0.25) is 0 Å². The topological polar surface area (TPSA) is 60.2 Å². The molecule has 0 saturated heterocycles. The molecule has 1 aromatic carbocycles. The van der Waals surface area contributed by atoms with Crippen LogP contribution >= 0.6 is 0 Å². The molecule has 0 amide bonds. The predicted octanol–water partition coefficient (Wildman–Crippen LogP) is 2.78. The van der Waals surface area contributed by atoms with E-state index in [0.29, 0.717) is 0 Å². The van der Waals surface area contributed by atoms with E-state index in [0.717, 1.165) is 6.07 Å². The number of pyridine rings is 1. The Bertz CT molecular complexity index is 942. The number of benzene rings is 1. The van der Waals surface area contributed by atoms with Crippen molar-refractivity contribution in [3.8, 4) is 5.75 Å². The second-order valence-corrected chi connectivity index (χ2v) is 3.55. The fourth-order valence-electron chi connectivity index (χ4n) is 1.56. The monoisotopic (exact) mass is 270 g/mol. The predicted molar refractivity (Wildman–Crippen MR) is 79.7 cm³/mol. The molecule has 1 heterocycles. The van der Waals surface area contributed by atoms with Gasteiger partial charge in [-0.15, -0.1) is 0 Å². The number of aromatic nitrogens is 1. The smallest absolute Gasteiger partial charge is 0.121 e. The molecule has 1 aromatic heterocycles. The molecule has 0 bridgehead atoms. The molecule has 0 aliphatic rings. The number of rotatable bonds is 6. The third-order valence-electron chi connectivity index (χ3n) is 2.34. The summed E-state index contributed by atoms with van der Waals surface area (Å²) in [6.07, 6.45) is -5.92. The standard InChI is InChI=1S/C15H21N3O/c1-11(5-3-7-16)18-14-10-13(19-2)9-12-6-4-8-17-15(12)14/h4,6,8-11,18H,3,5,7,16H2,1-2H3/i1D3,3D2,5D2,7D2,9D,11D. The van der Waals surface area contributed by atoms with Crippen molar-refractivity contribution in [2.75, 3.05) is 18.9 Å². The summed E-state index contributed by atoms with van der Waals surface area (Å²) in [5.74, 6) is -0.0244. The van der Waals surface area contributed by atoms with Gasteiger partial charge in [0.05, 0.1) is 21.1 Å². The number of fused-ring (bicyclic) bond motifs is 1. The molecule has 0 fully saturated rings. The highest BCUT2D eigenvalue weighted by atomic mass is 16.5. The van der Waals surface area contributed by atoms with Gasteiger partial charge in [0.1, 0.15) is 5.75 Å². The zero-order valence-corrected chi connectivity index (χ0v) is 10.2. The average Bonchev–Trinajstić information content (AvgIpc) is 2.61. The number of anilines is 1. The fraction of sp³-hybridized carbons (Fsp3) is 0.400. The van der Waals surface area contributed by atoms with E-state index in [1.54, 1.807) is 0 Å². The molecule has 4 nitrogen and oxygen atoms in total. The van der Waals surface area contributed by atoms with Crippen molar-refractivity contribution >= 4 is 16.6 Å². The quantitative estimate of drug-likeness (QED) is 0.847. The van der Waals surface area contributed by atoms with E-state index in [-0.39, 0.29) is 28.4 Å². The molecule has 1 unspecified atom stereocenters. The Morgan fingerprint density at radius 1 is 1.74 bits per heavy atom. The molecule has 102 valence electrons. The maximum absolute atomic E-state index is 8.48. The van der Waals surface area contributed by atoms with Crippen LogP contribution in [0, 0.1) is 0 Å². The molecule has 0 aliphatic carbocycles. The van der Waals surface area contributed by atoms with Crippen LogP contribution in [0.2, 0.25) is 0 Å². The van der Waals surface area contributed by atoms with Gasteiger partial charge in [0.15, 0.2) is 0 Å². The summed E-state index contributed by atoms with van der Waals surface area (Å²) in [4.78, 5) is 4.06. The molecule has 0 aliphatic heterocycles. The number of hydrogen-bond acceptors (Lipinski definition) is 4. The van der Waals surface area contributed by atoms with E-state index in [9.17, 15) is 0 Å². The highest BCUT2D eigenvalue weighted by Crippen LogP contribution is 2.28. The Morgan fingerprint density at radius 3 is 3.37 bits per heavy atom. The first kappa shape index (κ1) is 5.29. The van der Waals surface area contributed by atoms with Crippen LogP contribution in [0.25, 0.3) is 10.9 Å². The van der Waals surface area contributed by atoms with Crippen molar-refractivity contribution < 1.29 is 19.8 Å². The third-order valence-corrected chi connectivity index (χ3v) is 2.34. The van der Waals surface area contributed by atoms with Gasteiger partial charge in [-0.25, -0.2) is 0 Å². The van der Waals surface area contributed by atoms with Crippen molar-refractivity contribution in [3.05, 3.63) is 30.4 Å². The Balaban J connectivity index is 2.80. The summed E-state index contributed by atoms with van der Waals surface area (Å²) in [6, 6.07) is 0.672. The Kier molecular flexibility index (Phi) is 1.78. The Morgan fingerprint density at radius 2 is 2.63 bits per heavy atom. The zero-order valence-electron chi connectivity index (χ0n) is 21.2. The van der Waals surface area contributed by atoms with Crippen LogP contribution in [-0.2, 0) is 0 Å². The third kappa shape index (κ3) is 3.35. The molecule has 0 saturated carbocycles. The lowest BCUT2D eigenvalue weighted by Crippen LogP contribution is -2.17. The van der Waals surface area contributed by atoms with Crippen LogP contribution in [0.1, 0.15) is 34.7 Å². The van der Waals surface area contributed by atoms with Crippen molar-refractivity contribution in [3.63, 3.8) is 0 Å². The molecule has 3 N–H and O–H groups in total. The SMILES string of the molecule is [2H]c1c(OC)cc(NC([2H])(C([2H])([2H])[2H])C([2H])([2H])C([2H])([2H])C([2H])([2H])N)c2ncccc12. The van der Waals surface area contributed by atoms with Crippen LogP contribution in [0.5, 0.6) is 5.75 Å². The highest BCUT2D eigenvalue weighted by Gasteiger charge is 2.08. The first-order valence-corrected chi connectivity index (χ1v) is 5.42. The van der Waals surface area contributed by atoms with Gasteiger partial charge in [-0.3, -0.25) is 4.98 Å². The lowest BCUT2D eigenvalue weighted by molar-refractivity contribution is 0.415. The van der Waals surface area contributed by atoms with Crippen molar-refractivity contribution in [1.29, 1.82) is 0 Å². The van der Waals surface area contributed by atoms with E-state index >= 15 is 0 Å².